The molecule has 2 N–H and O–H groups in total. The molecular formula is C31H26FN7O. The highest BCUT2D eigenvalue weighted by atomic mass is 19.1. The minimum Gasteiger partial charge on any atom is -0.353 e. The van der Waals surface area contributed by atoms with Crippen LogP contribution in [0.3, 0.4) is 0 Å². The van der Waals surface area contributed by atoms with E-state index in [4.69, 9.17) is 10.1 Å². The Labute approximate surface area is 229 Å². The molecule has 6 aromatic rings. The van der Waals surface area contributed by atoms with Crippen LogP contribution in [0.1, 0.15) is 24.8 Å². The van der Waals surface area contributed by atoms with Gasteiger partial charge in [0.15, 0.2) is 5.65 Å². The van der Waals surface area contributed by atoms with Crippen LogP contribution in [0.25, 0.3) is 55.7 Å². The second-order valence-corrected chi connectivity index (χ2v) is 10.5. The molecule has 0 spiro atoms. The zero-order chi connectivity index (χ0) is 27.4. The summed E-state index contributed by atoms with van der Waals surface area (Å²) in [5.41, 5.74) is 7.80. The fourth-order valence-corrected chi connectivity index (χ4v) is 5.36. The van der Waals surface area contributed by atoms with Crippen molar-refractivity contribution < 1.29 is 9.18 Å². The molecule has 1 saturated carbocycles. The molecule has 1 aliphatic carbocycles. The number of nitrogens with zero attached hydrogens (tertiary/aromatic N) is 5. The van der Waals surface area contributed by atoms with E-state index in [1.807, 2.05) is 44.3 Å². The lowest BCUT2D eigenvalue weighted by Gasteiger charge is -2.24. The van der Waals surface area contributed by atoms with Gasteiger partial charge in [-0.15, -0.1) is 0 Å². The summed E-state index contributed by atoms with van der Waals surface area (Å²) in [4.78, 5) is 29.6. The fourth-order valence-electron chi connectivity index (χ4n) is 5.36. The number of rotatable bonds is 5. The van der Waals surface area contributed by atoms with Crippen molar-refractivity contribution in [3.8, 4) is 33.8 Å². The number of carbonyl (C=O) groups is 1. The Morgan fingerprint density at radius 2 is 1.82 bits per heavy atom. The third-order valence-corrected chi connectivity index (χ3v) is 7.61. The Kier molecular flexibility index (Phi) is 5.66. The van der Waals surface area contributed by atoms with E-state index in [9.17, 15) is 9.18 Å². The van der Waals surface area contributed by atoms with Crippen molar-refractivity contribution in [2.24, 2.45) is 13.0 Å². The van der Waals surface area contributed by atoms with Gasteiger partial charge in [-0.1, -0.05) is 6.42 Å². The van der Waals surface area contributed by atoms with Gasteiger partial charge in [-0.2, -0.15) is 5.10 Å². The van der Waals surface area contributed by atoms with Crippen LogP contribution in [-0.4, -0.2) is 35.6 Å². The minimum absolute atomic E-state index is 0.0504. The summed E-state index contributed by atoms with van der Waals surface area (Å²) < 4.78 is 16.0. The van der Waals surface area contributed by atoms with Crippen molar-refractivity contribution in [1.82, 2.24) is 29.7 Å². The predicted molar refractivity (Wildman–Crippen MR) is 153 cm³/mol. The van der Waals surface area contributed by atoms with Crippen molar-refractivity contribution in [2.45, 2.75) is 26.2 Å². The number of benzene rings is 1. The van der Waals surface area contributed by atoms with Crippen LogP contribution in [-0.2, 0) is 11.8 Å². The molecule has 1 aliphatic rings. The van der Waals surface area contributed by atoms with Crippen LogP contribution >= 0.6 is 0 Å². The van der Waals surface area contributed by atoms with Gasteiger partial charge in [-0.25, -0.2) is 14.1 Å². The minimum atomic E-state index is -0.292. The SMILES string of the molecule is Cc1cc(F)cc(-c2nccc3[nH]c(-c4nn(C)c5ncc(-c6cncc(NC(=O)C7CCC7)c6)cc45)cc23)c1. The molecule has 5 heterocycles. The summed E-state index contributed by atoms with van der Waals surface area (Å²) in [5, 5.41) is 9.53. The molecular weight excluding hydrogens is 505 g/mol. The van der Waals surface area contributed by atoms with Crippen LogP contribution in [0.5, 0.6) is 0 Å². The summed E-state index contributed by atoms with van der Waals surface area (Å²) in [7, 11) is 1.86. The number of hydrogen-bond donors (Lipinski definition) is 2. The largest absolute Gasteiger partial charge is 0.353 e. The first-order chi connectivity index (χ1) is 19.4. The Morgan fingerprint density at radius 3 is 2.62 bits per heavy atom. The molecule has 8 nitrogen and oxygen atoms in total. The van der Waals surface area contributed by atoms with Crippen LogP contribution in [0, 0.1) is 18.7 Å². The number of pyridine rings is 3. The van der Waals surface area contributed by atoms with E-state index in [0.29, 0.717) is 11.4 Å². The van der Waals surface area contributed by atoms with Crippen molar-refractivity contribution in [3.63, 3.8) is 0 Å². The van der Waals surface area contributed by atoms with E-state index in [1.165, 1.54) is 12.1 Å². The lowest BCUT2D eigenvalue weighted by atomic mass is 9.85. The monoisotopic (exact) mass is 531 g/mol. The first-order valence-corrected chi connectivity index (χ1v) is 13.3. The molecule has 40 heavy (non-hydrogen) atoms. The summed E-state index contributed by atoms with van der Waals surface area (Å²) in [5.74, 6) is -0.147. The molecule has 0 unspecified atom stereocenters. The van der Waals surface area contributed by atoms with E-state index in [2.05, 4.69) is 20.3 Å². The molecule has 0 bridgehead atoms. The number of H-pyrrole nitrogens is 1. The number of aromatic amines is 1. The topological polar surface area (TPSA) is 101 Å². The second-order valence-electron chi connectivity index (χ2n) is 10.5. The molecule has 1 fully saturated rings. The van der Waals surface area contributed by atoms with E-state index in [-0.39, 0.29) is 17.6 Å². The number of aromatic nitrogens is 6. The Bertz CT molecular complexity index is 1920. The number of aryl methyl sites for hydroxylation is 2. The number of hydrogen-bond acceptors (Lipinski definition) is 5. The lowest BCUT2D eigenvalue weighted by molar-refractivity contribution is -0.122. The average molecular weight is 532 g/mol. The number of carbonyl (C=O) groups excluding carboxylic acids is 1. The normalized spacial score (nSPS) is 13.6. The molecule has 1 aromatic carbocycles. The van der Waals surface area contributed by atoms with Gasteiger partial charge in [0.2, 0.25) is 5.91 Å². The molecule has 7 rings (SSSR count). The fraction of sp³-hybridized carbons (Fsp3) is 0.194. The highest BCUT2D eigenvalue weighted by molar-refractivity contribution is 6.00. The van der Waals surface area contributed by atoms with Crippen LogP contribution in [0.4, 0.5) is 10.1 Å². The molecule has 9 heteroatoms. The predicted octanol–water partition coefficient (Wildman–Crippen LogP) is 6.43. The zero-order valence-corrected chi connectivity index (χ0v) is 22.1. The Morgan fingerprint density at radius 1 is 0.975 bits per heavy atom. The quantitative estimate of drug-likeness (QED) is 0.267. The maximum atomic E-state index is 14.2. The first-order valence-electron chi connectivity index (χ1n) is 13.3. The molecule has 0 atom stereocenters. The van der Waals surface area contributed by atoms with Crippen molar-refractivity contribution in [3.05, 3.63) is 78.6 Å². The van der Waals surface area contributed by atoms with E-state index in [0.717, 1.165) is 74.8 Å². The van der Waals surface area contributed by atoms with Gasteiger partial charge in [-0.05, 0) is 67.8 Å². The third kappa shape index (κ3) is 4.20. The van der Waals surface area contributed by atoms with Gasteiger partial charge >= 0.3 is 0 Å². The molecule has 5 aromatic heterocycles. The first kappa shape index (κ1) is 24.1. The Hall–Kier alpha value is -4.92. The van der Waals surface area contributed by atoms with Crippen molar-refractivity contribution in [1.29, 1.82) is 0 Å². The van der Waals surface area contributed by atoms with Gasteiger partial charge in [0.05, 0.1) is 23.3 Å². The molecule has 0 radical (unpaired) electrons. The molecule has 1 amide bonds. The van der Waals surface area contributed by atoms with E-state index >= 15 is 0 Å². The molecule has 0 saturated heterocycles. The number of anilines is 1. The maximum absolute atomic E-state index is 14.2. The van der Waals surface area contributed by atoms with Crippen LogP contribution < -0.4 is 5.32 Å². The van der Waals surface area contributed by atoms with Crippen molar-refractivity contribution in [2.75, 3.05) is 5.32 Å². The molecule has 198 valence electrons. The molecule has 0 aliphatic heterocycles. The second kappa shape index (κ2) is 9.37. The highest BCUT2D eigenvalue weighted by Gasteiger charge is 2.25. The Balaban J connectivity index is 1.29. The summed E-state index contributed by atoms with van der Waals surface area (Å²) >= 11 is 0. The van der Waals surface area contributed by atoms with Crippen LogP contribution in [0.2, 0.25) is 0 Å². The van der Waals surface area contributed by atoms with Crippen LogP contribution in [0.15, 0.2) is 67.3 Å². The van der Waals surface area contributed by atoms with Gasteiger partial charge < -0.3 is 10.3 Å². The average Bonchev–Trinajstić information content (AvgIpc) is 3.48. The third-order valence-electron chi connectivity index (χ3n) is 7.61. The number of amides is 1. The summed E-state index contributed by atoms with van der Waals surface area (Å²) in [6, 6.07) is 12.8. The van der Waals surface area contributed by atoms with E-state index in [1.54, 1.807) is 29.5 Å². The number of halogens is 1. The van der Waals surface area contributed by atoms with Gasteiger partial charge in [0.25, 0.3) is 0 Å². The van der Waals surface area contributed by atoms with Gasteiger partial charge in [0, 0.05) is 64.5 Å². The van der Waals surface area contributed by atoms with E-state index < -0.39 is 0 Å². The highest BCUT2D eigenvalue weighted by Crippen LogP contribution is 2.35. The smallest absolute Gasteiger partial charge is 0.227 e. The standard InChI is InChI=1S/C31H26FN7O/c1-17-8-19(10-22(32)9-17)28-24-13-27(37-26(24)6-7-34-28)29-25-12-21(15-35-30(25)39(2)38-29)20-11-23(16-33-14-20)36-31(40)18-4-3-5-18/h6-16,18,37H,3-5H2,1-2H3,(H,36,40). The van der Waals surface area contributed by atoms with Gasteiger partial charge in [-0.3, -0.25) is 14.8 Å². The van der Waals surface area contributed by atoms with Crippen molar-refractivity contribution >= 4 is 33.5 Å². The number of fused-ring (bicyclic) bond motifs is 2. The summed E-state index contributed by atoms with van der Waals surface area (Å²) in [6.07, 6.45) is 9.93. The maximum Gasteiger partial charge on any atom is 0.227 e. The van der Waals surface area contributed by atoms with Gasteiger partial charge in [0.1, 0.15) is 11.5 Å². The number of nitrogens with one attached hydrogen (secondary N) is 2. The zero-order valence-electron chi connectivity index (χ0n) is 22.1. The lowest BCUT2D eigenvalue weighted by Crippen LogP contribution is -2.28. The summed E-state index contributed by atoms with van der Waals surface area (Å²) in [6.45, 7) is 1.87.